The van der Waals surface area contributed by atoms with Crippen LogP contribution in [0.2, 0.25) is 0 Å². The van der Waals surface area contributed by atoms with Gasteiger partial charge in [-0.2, -0.15) is 5.26 Å². The van der Waals surface area contributed by atoms with Crippen LogP contribution >= 0.6 is 0 Å². The van der Waals surface area contributed by atoms with E-state index in [0.717, 1.165) is 5.56 Å². The number of nitrogens with zero attached hydrogens (tertiary/aromatic N) is 1. The zero-order valence-electron chi connectivity index (χ0n) is 13.3. The molecule has 2 aromatic rings. The van der Waals surface area contributed by atoms with E-state index in [0.29, 0.717) is 17.7 Å². The number of esters is 1. The Morgan fingerprint density at radius 3 is 2.35 bits per heavy atom. The summed E-state index contributed by atoms with van der Waals surface area (Å²) in [5.41, 5.74) is 0.406. The molecule has 0 aliphatic rings. The van der Waals surface area contributed by atoms with Gasteiger partial charge in [0.1, 0.15) is 12.4 Å². The molecule has 0 saturated heterocycles. The fourth-order valence-electron chi connectivity index (χ4n) is 1.99. The Labute approximate surface area is 136 Å². The molecule has 118 valence electrons. The molecule has 0 aliphatic heterocycles. The van der Waals surface area contributed by atoms with Gasteiger partial charge in [0.05, 0.1) is 11.6 Å². The van der Waals surface area contributed by atoms with Gasteiger partial charge < -0.3 is 9.47 Å². The van der Waals surface area contributed by atoms with Gasteiger partial charge in [0.15, 0.2) is 0 Å². The third-order valence-electron chi connectivity index (χ3n) is 3.65. The van der Waals surface area contributed by atoms with Gasteiger partial charge in [-0.05, 0) is 43.2 Å². The summed E-state index contributed by atoms with van der Waals surface area (Å²) in [6.45, 7) is 3.79. The third-order valence-corrected chi connectivity index (χ3v) is 3.65. The molecule has 4 heteroatoms. The zero-order valence-corrected chi connectivity index (χ0v) is 13.3. The molecule has 2 aromatic carbocycles. The van der Waals surface area contributed by atoms with Crippen LogP contribution in [0.25, 0.3) is 0 Å². The van der Waals surface area contributed by atoms with Crippen LogP contribution in [-0.2, 0) is 16.1 Å². The number of hydrogen-bond donors (Lipinski definition) is 0. The number of ether oxygens (including phenoxy) is 2. The van der Waals surface area contributed by atoms with Gasteiger partial charge in [0.2, 0.25) is 5.60 Å². The molecule has 0 fully saturated rings. The van der Waals surface area contributed by atoms with Crippen molar-refractivity contribution >= 4 is 5.97 Å². The minimum Gasteiger partial charge on any atom is -0.476 e. The summed E-state index contributed by atoms with van der Waals surface area (Å²) in [6, 6.07) is 18.2. The molecule has 0 unspecified atom stereocenters. The first-order valence-corrected chi connectivity index (χ1v) is 7.48. The molecule has 2 rings (SSSR count). The number of carbonyl (C=O) groups excluding carboxylic acids is 1. The van der Waals surface area contributed by atoms with E-state index in [2.05, 4.69) is 0 Å². The van der Waals surface area contributed by atoms with Gasteiger partial charge in [0, 0.05) is 0 Å². The predicted molar refractivity (Wildman–Crippen MR) is 86.7 cm³/mol. The highest BCUT2D eigenvalue weighted by Gasteiger charge is 2.35. The third kappa shape index (κ3) is 4.33. The van der Waals surface area contributed by atoms with Crippen molar-refractivity contribution in [2.75, 3.05) is 0 Å². The maximum Gasteiger partial charge on any atom is 0.350 e. The van der Waals surface area contributed by atoms with Crippen molar-refractivity contribution in [1.82, 2.24) is 0 Å². The average molecular weight is 309 g/mol. The Bertz CT molecular complexity index is 689. The number of nitriles is 1. The Balaban J connectivity index is 2.03. The van der Waals surface area contributed by atoms with E-state index in [-0.39, 0.29) is 6.61 Å². The number of rotatable bonds is 6. The summed E-state index contributed by atoms with van der Waals surface area (Å²) in [7, 11) is 0. The molecule has 0 heterocycles. The second kappa shape index (κ2) is 7.46. The van der Waals surface area contributed by atoms with E-state index in [9.17, 15) is 4.79 Å². The van der Waals surface area contributed by atoms with Crippen molar-refractivity contribution in [3.05, 3.63) is 65.7 Å². The minimum atomic E-state index is -1.07. The molecule has 0 radical (unpaired) electrons. The first kappa shape index (κ1) is 16.6. The number of hydrogen-bond acceptors (Lipinski definition) is 4. The van der Waals surface area contributed by atoms with E-state index in [1.165, 1.54) is 0 Å². The molecule has 0 N–H and O–H groups in total. The van der Waals surface area contributed by atoms with Crippen molar-refractivity contribution in [3.63, 3.8) is 0 Å². The van der Waals surface area contributed by atoms with Crippen LogP contribution in [0.5, 0.6) is 5.75 Å². The summed E-state index contributed by atoms with van der Waals surface area (Å²) in [5.74, 6) is 0.123. The van der Waals surface area contributed by atoms with Gasteiger partial charge in [0.25, 0.3) is 0 Å². The van der Waals surface area contributed by atoms with Gasteiger partial charge in [-0.1, -0.05) is 37.3 Å². The highest BCUT2D eigenvalue weighted by molar-refractivity contribution is 5.79. The second-order valence-corrected chi connectivity index (χ2v) is 5.38. The lowest BCUT2D eigenvalue weighted by molar-refractivity contribution is -0.162. The normalized spacial score (nSPS) is 12.7. The lowest BCUT2D eigenvalue weighted by atomic mass is 10.0. The molecule has 0 bridgehead atoms. The largest absolute Gasteiger partial charge is 0.476 e. The van der Waals surface area contributed by atoms with Crippen molar-refractivity contribution in [3.8, 4) is 11.8 Å². The lowest BCUT2D eigenvalue weighted by Gasteiger charge is -2.27. The number of benzene rings is 2. The molecule has 4 nitrogen and oxygen atoms in total. The standard InChI is InChI=1S/C19H19NO3/c1-3-19(2,23-17-11-9-15(13-20)10-12-17)18(21)22-14-16-7-5-4-6-8-16/h4-12H,3,14H2,1-2H3/t19-/m1/s1. The lowest BCUT2D eigenvalue weighted by Crippen LogP contribution is -2.42. The van der Waals surface area contributed by atoms with E-state index in [1.807, 2.05) is 43.3 Å². The zero-order chi connectivity index (χ0) is 16.7. The Morgan fingerprint density at radius 2 is 1.78 bits per heavy atom. The van der Waals surface area contributed by atoms with Crippen LogP contribution < -0.4 is 4.74 Å². The first-order chi connectivity index (χ1) is 11.1. The maximum absolute atomic E-state index is 12.4. The molecule has 0 aliphatic carbocycles. The quantitative estimate of drug-likeness (QED) is 0.760. The Morgan fingerprint density at radius 1 is 1.13 bits per heavy atom. The van der Waals surface area contributed by atoms with Crippen LogP contribution in [0.15, 0.2) is 54.6 Å². The molecule has 0 amide bonds. The number of carbonyl (C=O) groups is 1. The molecule has 0 spiro atoms. The molecule has 0 aromatic heterocycles. The predicted octanol–water partition coefficient (Wildman–Crippen LogP) is 3.85. The Kier molecular flexibility index (Phi) is 5.37. The van der Waals surface area contributed by atoms with Crippen LogP contribution in [0.3, 0.4) is 0 Å². The minimum absolute atomic E-state index is 0.214. The van der Waals surface area contributed by atoms with Crippen LogP contribution in [0.1, 0.15) is 31.4 Å². The molecule has 0 saturated carbocycles. The van der Waals surface area contributed by atoms with E-state index >= 15 is 0 Å². The van der Waals surface area contributed by atoms with Crippen LogP contribution in [-0.4, -0.2) is 11.6 Å². The second-order valence-electron chi connectivity index (χ2n) is 5.38. The fraction of sp³-hybridized carbons (Fsp3) is 0.263. The van der Waals surface area contributed by atoms with Crippen LogP contribution in [0, 0.1) is 11.3 Å². The van der Waals surface area contributed by atoms with E-state index in [4.69, 9.17) is 14.7 Å². The SMILES string of the molecule is CC[C@@](C)(Oc1ccc(C#N)cc1)C(=O)OCc1ccccc1. The average Bonchev–Trinajstić information content (AvgIpc) is 2.61. The topological polar surface area (TPSA) is 59.3 Å². The molecule has 23 heavy (non-hydrogen) atoms. The Hall–Kier alpha value is -2.80. The van der Waals surface area contributed by atoms with Crippen LogP contribution in [0.4, 0.5) is 0 Å². The highest BCUT2D eigenvalue weighted by Crippen LogP contribution is 2.23. The molecular weight excluding hydrogens is 290 g/mol. The highest BCUT2D eigenvalue weighted by atomic mass is 16.6. The monoisotopic (exact) mass is 309 g/mol. The van der Waals surface area contributed by atoms with Crippen molar-refractivity contribution in [2.45, 2.75) is 32.5 Å². The molecule has 1 atom stereocenters. The smallest absolute Gasteiger partial charge is 0.350 e. The van der Waals surface area contributed by atoms with Crippen molar-refractivity contribution in [1.29, 1.82) is 5.26 Å². The van der Waals surface area contributed by atoms with Gasteiger partial charge in [-0.3, -0.25) is 0 Å². The van der Waals surface area contributed by atoms with Crippen molar-refractivity contribution < 1.29 is 14.3 Å². The molecular formula is C19H19NO3. The van der Waals surface area contributed by atoms with E-state index in [1.54, 1.807) is 31.2 Å². The van der Waals surface area contributed by atoms with Crippen molar-refractivity contribution in [2.24, 2.45) is 0 Å². The van der Waals surface area contributed by atoms with E-state index < -0.39 is 11.6 Å². The summed E-state index contributed by atoms with van der Waals surface area (Å²) in [4.78, 5) is 12.4. The summed E-state index contributed by atoms with van der Waals surface area (Å²) in [6.07, 6.45) is 0.473. The summed E-state index contributed by atoms with van der Waals surface area (Å²) < 4.78 is 11.2. The summed E-state index contributed by atoms with van der Waals surface area (Å²) >= 11 is 0. The fourth-order valence-corrected chi connectivity index (χ4v) is 1.99. The first-order valence-electron chi connectivity index (χ1n) is 7.48. The van der Waals surface area contributed by atoms with Gasteiger partial charge >= 0.3 is 5.97 Å². The van der Waals surface area contributed by atoms with Gasteiger partial charge in [-0.15, -0.1) is 0 Å². The summed E-state index contributed by atoms with van der Waals surface area (Å²) in [5, 5.41) is 8.81. The maximum atomic E-state index is 12.4. The van der Waals surface area contributed by atoms with Gasteiger partial charge in [-0.25, -0.2) is 4.79 Å².